The first-order chi connectivity index (χ1) is 15.8. The van der Waals surface area contributed by atoms with Gasteiger partial charge in [0.1, 0.15) is 11.3 Å². The van der Waals surface area contributed by atoms with Gasteiger partial charge in [-0.3, -0.25) is 9.48 Å². The van der Waals surface area contributed by atoms with Crippen LogP contribution in [0.15, 0.2) is 29.2 Å². The van der Waals surface area contributed by atoms with E-state index in [1.165, 1.54) is 30.5 Å². The van der Waals surface area contributed by atoms with Crippen LogP contribution < -0.4 is 5.32 Å². The van der Waals surface area contributed by atoms with E-state index in [1.54, 1.807) is 0 Å². The second-order valence-corrected chi connectivity index (χ2v) is 12.0. The first-order valence-electron chi connectivity index (χ1n) is 10.9. The number of hydrogen-bond donors (Lipinski definition) is 2. The number of alkyl halides is 5. The van der Waals surface area contributed by atoms with Crippen molar-refractivity contribution in [2.45, 2.75) is 55.1 Å². The molecule has 1 aromatic carbocycles. The summed E-state index contributed by atoms with van der Waals surface area (Å²) in [5, 5.41) is 6.62. The number of nitrogens with one attached hydrogen (secondary N) is 2. The van der Waals surface area contributed by atoms with Crippen LogP contribution in [-0.2, 0) is 27.9 Å². The normalized spacial score (nSPS) is 29.2. The van der Waals surface area contributed by atoms with E-state index in [1.807, 2.05) is 0 Å². The fourth-order valence-electron chi connectivity index (χ4n) is 5.25. The number of rotatable bonds is 7. The van der Waals surface area contributed by atoms with E-state index in [-0.39, 0.29) is 29.2 Å². The van der Waals surface area contributed by atoms with Gasteiger partial charge in [-0.25, -0.2) is 17.8 Å². The number of anilines is 1. The lowest BCUT2D eigenvalue weighted by molar-refractivity contribution is -0.142. The third-order valence-electron chi connectivity index (χ3n) is 7.24. The molecule has 4 aliphatic carbocycles. The Balaban J connectivity index is 1.55. The molecule has 1 amide bonds. The highest BCUT2D eigenvalue weighted by molar-refractivity contribution is 7.91. The monoisotopic (exact) mass is 502 g/mol. The van der Waals surface area contributed by atoms with Crippen LogP contribution in [0.5, 0.6) is 0 Å². The molecule has 0 aliphatic heterocycles. The van der Waals surface area contributed by atoms with E-state index in [9.17, 15) is 31.0 Å². The third kappa shape index (κ3) is 3.89. The van der Waals surface area contributed by atoms with Crippen molar-refractivity contribution in [3.63, 3.8) is 0 Å². The largest absolute Gasteiger partial charge is 0.420 e. The molecule has 184 valence electrons. The van der Waals surface area contributed by atoms with Crippen molar-refractivity contribution in [2.75, 3.05) is 11.6 Å². The van der Waals surface area contributed by atoms with Gasteiger partial charge < -0.3 is 5.32 Å². The van der Waals surface area contributed by atoms with Crippen molar-refractivity contribution in [1.82, 2.24) is 9.78 Å². The molecule has 4 fully saturated rings. The minimum atomic E-state index is -4.86. The Labute approximate surface area is 192 Å². The Morgan fingerprint density at radius 3 is 2.50 bits per heavy atom. The molecule has 0 saturated heterocycles. The maximum atomic E-state index is 14.3. The summed E-state index contributed by atoms with van der Waals surface area (Å²) in [5.41, 5.74) is -2.60. The molecule has 1 unspecified atom stereocenters. The topological polar surface area (TPSA) is 87.8 Å². The van der Waals surface area contributed by atoms with Gasteiger partial charge in [0.05, 0.1) is 15.4 Å². The number of aromatic nitrogens is 2. The van der Waals surface area contributed by atoms with Gasteiger partial charge in [-0.2, -0.15) is 18.3 Å². The lowest BCUT2D eigenvalue weighted by Crippen LogP contribution is -2.56. The molecule has 1 aromatic heterocycles. The molecular formula is C22H23F5N4O2S. The number of hydrogen-bond acceptors (Lipinski definition) is 4. The predicted octanol–water partition coefficient (Wildman–Crippen LogP) is 5.14. The summed E-state index contributed by atoms with van der Waals surface area (Å²) >= 11 is 0. The van der Waals surface area contributed by atoms with Crippen LogP contribution in [-0.4, -0.2) is 32.6 Å². The maximum Gasteiger partial charge on any atom is 0.420 e. The predicted molar refractivity (Wildman–Crippen MR) is 113 cm³/mol. The van der Waals surface area contributed by atoms with Crippen molar-refractivity contribution < 1.29 is 31.0 Å². The van der Waals surface area contributed by atoms with Crippen LogP contribution in [0.1, 0.15) is 47.4 Å². The van der Waals surface area contributed by atoms with Gasteiger partial charge in [0.15, 0.2) is 0 Å². The molecule has 0 spiro atoms. The number of halogens is 5. The molecule has 34 heavy (non-hydrogen) atoms. The van der Waals surface area contributed by atoms with E-state index in [4.69, 9.17) is 4.78 Å². The van der Waals surface area contributed by atoms with Gasteiger partial charge in [0, 0.05) is 34.7 Å². The minimum Gasteiger partial charge on any atom is -0.321 e. The number of carbonyl (C=O) groups excluding carboxylic acids is 1. The summed E-state index contributed by atoms with van der Waals surface area (Å²) in [6.07, 6.45) is -4.35. The second-order valence-electron chi connectivity index (χ2n) is 9.83. The summed E-state index contributed by atoms with van der Waals surface area (Å²) in [7, 11) is -3.11. The molecule has 4 aliphatic rings. The molecule has 2 bridgehead atoms. The molecule has 4 saturated carbocycles. The molecule has 2 aromatic rings. The Morgan fingerprint density at radius 1 is 1.32 bits per heavy atom. The molecule has 12 heteroatoms. The Kier molecular flexibility index (Phi) is 5.13. The van der Waals surface area contributed by atoms with Crippen LogP contribution in [0.2, 0.25) is 0 Å². The Morgan fingerprint density at radius 2 is 2.00 bits per heavy atom. The summed E-state index contributed by atoms with van der Waals surface area (Å²) < 4.78 is 89.7. The number of amides is 1. The molecule has 3 atom stereocenters. The summed E-state index contributed by atoms with van der Waals surface area (Å²) in [6.45, 7) is -0.199. The quantitative estimate of drug-likeness (QED) is 0.514. The molecular weight excluding hydrogens is 479 g/mol. The average molecular weight is 503 g/mol. The zero-order chi connectivity index (χ0) is 24.6. The van der Waals surface area contributed by atoms with Crippen molar-refractivity contribution in [1.29, 1.82) is 4.78 Å². The number of carbonyl (C=O) groups is 1. The summed E-state index contributed by atoms with van der Waals surface area (Å²) in [6, 6.07) is 5.55. The molecule has 0 radical (unpaired) electrons. The first kappa shape index (κ1) is 23.3. The van der Waals surface area contributed by atoms with Gasteiger partial charge in [0.2, 0.25) is 6.43 Å². The standard InChI is InChI=1S/C22H23F5N4O2S/c1-34(28,33)14-4-2-3-13(6-14)29-20(32)17-16(22(25,26)27)18(21-7-11(8-21)9-21)30-31(17)10-12-5-15(12)19(23)24/h2-4,6,11-12,15,19,28H,5,7-10H2,1H3,(H,29,32)/t11?,12-,15+,21?,34?/m0/s1. The van der Waals surface area contributed by atoms with Crippen LogP contribution in [0.4, 0.5) is 27.6 Å². The highest BCUT2D eigenvalue weighted by Gasteiger charge is 2.62. The summed E-state index contributed by atoms with van der Waals surface area (Å²) in [4.78, 5) is 13.3. The molecule has 6 nitrogen and oxygen atoms in total. The third-order valence-corrected chi connectivity index (χ3v) is 8.40. The number of benzene rings is 1. The minimum absolute atomic E-state index is 0.0779. The van der Waals surface area contributed by atoms with E-state index in [2.05, 4.69) is 10.4 Å². The van der Waals surface area contributed by atoms with Gasteiger partial charge >= 0.3 is 6.18 Å². The first-order valence-corrected chi connectivity index (χ1v) is 12.9. The van der Waals surface area contributed by atoms with Gasteiger partial charge in [-0.05, 0) is 55.7 Å². The fourth-order valence-corrected chi connectivity index (χ4v) is 5.94. The van der Waals surface area contributed by atoms with Crippen molar-refractivity contribution >= 4 is 21.3 Å². The summed E-state index contributed by atoms with van der Waals surface area (Å²) in [5.74, 6) is -2.17. The second kappa shape index (κ2) is 7.50. The highest BCUT2D eigenvalue weighted by atomic mass is 32.2. The lowest BCUT2D eigenvalue weighted by atomic mass is 9.43. The van der Waals surface area contributed by atoms with Crippen LogP contribution in [0.25, 0.3) is 0 Å². The smallest absolute Gasteiger partial charge is 0.321 e. The van der Waals surface area contributed by atoms with E-state index in [0.29, 0.717) is 25.2 Å². The van der Waals surface area contributed by atoms with Crippen molar-refractivity contribution in [2.24, 2.45) is 17.8 Å². The van der Waals surface area contributed by atoms with Crippen molar-refractivity contribution in [3.05, 3.63) is 41.2 Å². The molecule has 6 rings (SSSR count). The van der Waals surface area contributed by atoms with Crippen LogP contribution in [0, 0.1) is 22.5 Å². The maximum absolute atomic E-state index is 14.3. The average Bonchev–Trinajstić information content (AvgIpc) is 3.30. The Bertz CT molecular complexity index is 1250. The van der Waals surface area contributed by atoms with E-state index < -0.39 is 56.7 Å². The SMILES string of the molecule is CS(=N)(=O)c1cccc(NC(=O)c2c(C(F)(F)F)c(C34CC(C3)C4)nn2C[C@@H]2C[C@H]2C(F)F)c1. The molecule has 1 heterocycles. The Hall–Kier alpha value is -2.50. The van der Waals surface area contributed by atoms with E-state index in [0.717, 1.165) is 4.68 Å². The highest BCUT2D eigenvalue weighted by Crippen LogP contribution is 2.66. The van der Waals surface area contributed by atoms with Gasteiger partial charge in [-0.1, -0.05) is 6.07 Å². The van der Waals surface area contributed by atoms with E-state index >= 15 is 0 Å². The van der Waals surface area contributed by atoms with Gasteiger partial charge in [0.25, 0.3) is 5.91 Å². The van der Waals surface area contributed by atoms with Gasteiger partial charge in [-0.15, -0.1) is 0 Å². The van der Waals surface area contributed by atoms with Crippen molar-refractivity contribution in [3.8, 4) is 0 Å². The van der Waals surface area contributed by atoms with Crippen LogP contribution in [0.3, 0.4) is 0 Å². The number of nitrogens with zero attached hydrogens (tertiary/aromatic N) is 2. The zero-order valence-corrected chi connectivity index (χ0v) is 19.0. The fraction of sp³-hybridized carbons (Fsp3) is 0.545. The molecule has 2 N–H and O–H groups in total. The lowest BCUT2D eigenvalue weighted by Gasteiger charge is -2.61. The zero-order valence-electron chi connectivity index (χ0n) is 18.2. The van der Waals surface area contributed by atoms with Crippen LogP contribution >= 0.6 is 0 Å².